The van der Waals surface area contributed by atoms with E-state index in [-0.39, 0.29) is 5.91 Å². The van der Waals surface area contributed by atoms with Crippen LogP contribution in [0.2, 0.25) is 0 Å². The van der Waals surface area contributed by atoms with E-state index in [0.29, 0.717) is 6.42 Å². The van der Waals surface area contributed by atoms with Crippen molar-refractivity contribution < 1.29 is 9.90 Å². The van der Waals surface area contributed by atoms with Crippen molar-refractivity contribution in [3.63, 3.8) is 0 Å². The molecule has 16 heavy (non-hydrogen) atoms. The van der Waals surface area contributed by atoms with Crippen LogP contribution in [0.1, 0.15) is 31.1 Å². The summed E-state index contributed by atoms with van der Waals surface area (Å²) in [5, 5.41) is 12.8. The molecule has 2 rings (SSSR count). The maximum atomic E-state index is 11.2. The van der Waals surface area contributed by atoms with E-state index in [1.807, 2.05) is 12.1 Å². The molecule has 1 aliphatic heterocycles. The third-order valence-corrected chi connectivity index (χ3v) is 2.77. The molecule has 4 N–H and O–H groups in total. The van der Waals surface area contributed by atoms with Crippen molar-refractivity contribution in [3.05, 3.63) is 29.3 Å². The van der Waals surface area contributed by atoms with Crippen molar-refractivity contribution in [1.82, 2.24) is 0 Å². The number of aliphatic hydroxyl groups excluding tert-OH is 1. The lowest BCUT2D eigenvalue weighted by Crippen LogP contribution is -2.39. The first-order valence-corrected chi connectivity index (χ1v) is 5.27. The van der Waals surface area contributed by atoms with Gasteiger partial charge in [0, 0.05) is 11.2 Å². The van der Waals surface area contributed by atoms with Crippen molar-refractivity contribution in [2.24, 2.45) is 5.73 Å². The van der Waals surface area contributed by atoms with E-state index < -0.39 is 11.6 Å². The maximum absolute atomic E-state index is 11.2. The lowest BCUT2D eigenvalue weighted by molar-refractivity contribution is -0.115. The Bertz CT molecular complexity index is 435. The van der Waals surface area contributed by atoms with Gasteiger partial charge in [0.25, 0.3) is 0 Å². The Morgan fingerprint density at radius 2 is 2.19 bits per heavy atom. The molecule has 1 aliphatic rings. The number of hydrogen-bond acceptors (Lipinski definition) is 3. The molecule has 0 bridgehead atoms. The number of rotatable bonds is 2. The highest BCUT2D eigenvalue weighted by Crippen LogP contribution is 2.29. The summed E-state index contributed by atoms with van der Waals surface area (Å²) in [6.45, 7) is 3.54. The van der Waals surface area contributed by atoms with Gasteiger partial charge in [-0.1, -0.05) is 12.1 Å². The molecule has 1 aromatic rings. The van der Waals surface area contributed by atoms with Gasteiger partial charge in [-0.05, 0) is 31.0 Å². The molecule has 0 fully saturated rings. The Morgan fingerprint density at radius 1 is 1.50 bits per heavy atom. The molecule has 1 heterocycles. The van der Waals surface area contributed by atoms with Crippen LogP contribution in [0, 0.1) is 0 Å². The molecule has 1 amide bonds. The van der Waals surface area contributed by atoms with Gasteiger partial charge in [-0.15, -0.1) is 0 Å². The molecule has 4 heteroatoms. The molecule has 86 valence electrons. The monoisotopic (exact) mass is 220 g/mol. The standard InChI is InChI=1S/C12H16N2O2/c1-12(2,13)11(16)7-3-4-9-8(5-7)6-10(15)14-9/h3-5,11,16H,6,13H2,1-2H3,(H,14,15). The number of anilines is 1. The number of amides is 1. The first-order valence-electron chi connectivity index (χ1n) is 5.27. The van der Waals surface area contributed by atoms with Crippen molar-refractivity contribution >= 4 is 11.6 Å². The van der Waals surface area contributed by atoms with Crippen LogP contribution in [-0.2, 0) is 11.2 Å². The van der Waals surface area contributed by atoms with Crippen LogP contribution >= 0.6 is 0 Å². The molecule has 0 radical (unpaired) electrons. The van der Waals surface area contributed by atoms with Gasteiger partial charge in [0.2, 0.25) is 5.91 Å². The van der Waals surface area contributed by atoms with Crippen molar-refractivity contribution in [3.8, 4) is 0 Å². The van der Waals surface area contributed by atoms with Gasteiger partial charge in [-0.3, -0.25) is 4.79 Å². The summed E-state index contributed by atoms with van der Waals surface area (Å²) >= 11 is 0. The first-order chi connectivity index (χ1) is 7.38. The number of nitrogens with one attached hydrogen (secondary N) is 1. The predicted molar refractivity (Wildman–Crippen MR) is 62.0 cm³/mol. The molecule has 0 spiro atoms. The molecular formula is C12H16N2O2. The third-order valence-electron chi connectivity index (χ3n) is 2.77. The number of carbonyl (C=O) groups excluding carboxylic acids is 1. The number of carbonyl (C=O) groups is 1. The van der Waals surface area contributed by atoms with Gasteiger partial charge in [0.15, 0.2) is 0 Å². The van der Waals surface area contributed by atoms with Gasteiger partial charge in [0.1, 0.15) is 0 Å². The Labute approximate surface area is 94.5 Å². The van der Waals surface area contributed by atoms with Crippen molar-refractivity contribution in [2.75, 3.05) is 5.32 Å². The molecule has 0 saturated heterocycles. The van der Waals surface area contributed by atoms with Crippen LogP contribution in [0.25, 0.3) is 0 Å². The van der Waals surface area contributed by atoms with Crippen molar-refractivity contribution in [1.29, 1.82) is 0 Å². The number of hydrogen-bond donors (Lipinski definition) is 3. The summed E-state index contributed by atoms with van der Waals surface area (Å²) in [6.07, 6.45) is -0.352. The van der Waals surface area contributed by atoms with Crippen LogP contribution in [0.5, 0.6) is 0 Å². The van der Waals surface area contributed by atoms with E-state index in [2.05, 4.69) is 5.32 Å². The summed E-state index contributed by atoms with van der Waals surface area (Å²) < 4.78 is 0. The van der Waals surface area contributed by atoms with E-state index in [9.17, 15) is 9.90 Å². The number of nitrogens with two attached hydrogens (primary N) is 1. The average molecular weight is 220 g/mol. The molecule has 1 unspecified atom stereocenters. The zero-order chi connectivity index (χ0) is 11.9. The molecule has 1 atom stereocenters. The van der Waals surface area contributed by atoms with Gasteiger partial charge >= 0.3 is 0 Å². The number of aliphatic hydroxyl groups is 1. The molecule has 0 aromatic heterocycles. The zero-order valence-corrected chi connectivity index (χ0v) is 9.45. The fourth-order valence-electron chi connectivity index (χ4n) is 1.85. The predicted octanol–water partition coefficient (Wildman–Crippen LogP) is 0.952. The zero-order valence-electron chi connectivity index (χ0n) is 9.45. The minimum atomic E-state index is -0.728. The second kappa shape index (κ2) is 3.57. The van der Waals surface area contributed by atoms with Gasteiger partial charge in [-0.2, -0.15) is 0 Å². The smallest absolute Gasteiger partial charge is 0.228 e. The Kier molecular flexibility index (Phi) is 2.48. The van der Waals surface area contributed by atoms with Crippen molar-refractivity contribution in [2.45, 2.75) is 31.9 Å². The highest BCUT2D eigenvalue weighted by Gasteiger charge is 2.26. The Hall–Kier alpha value is -1.39. The lowest BCUT2D eigenvalue weighted by Gasteiger charge is -2.26. The van der Waals surface area contributed by atoms with E-state index in [1.165, 1.54) is 0 Å². The number of fused-ring (bicyclic) bond motifs is 1. The Morgan fingerprint density at radius 3 is 2.81 bits per heavy atom. The van der Waals surface area contributed by atoms with Crippen LogP contribution < -0.4 is 11.1 Å². The third kappa shape index (κ3) is 1.94. The quantitative estimate of drug-likeness (QED) is 0.694. The molecule has 1 aromatic carbocycles. The minimum absolute atomic E-state index is 0.00588. The summed E-state index contributed by atoms with van der Waals surface area (Å²) in [6, 6.07) is 5.45. The molecule has 0 aliphatic carbocycles. The molecule has 0 saturated carbocycles. The van der Waals surface area contributed by atoms with Crippen LogP contribution in [0.3, 0.4) is 0 Å². The van der Waals surface area contributed by atoms with E-state index in [0.717, 1.165) is 16.8 Å². The first kappa shape index (κ1) is 11.1. The highest BCUT2D eigenvalue weighted by molar-refractivity contribution is 5.99. The topological polar surface area (TPSA) is 75.3 Å². The fourth-order valence-corrected chi connectivity index (χ4v) is 1.85. The highest BCUT2D eigenvalue weighted by atomic mass is 16.3. The molecular weight excluding hydrogens is 204 g/mol. The van der Waals surface area contributed by atoms with E-state index in [4.69, 9.17) is 5.73 Å². The number of benzene rings is 1. The Balaban J connectivity index is 2.33. The largest absolute Gasteiger partial charge is 0.387 e. The maximum Gasteiger partial charge on any atom is 0.228 e. The second-order valence-corrected chi connectivity index (χ2v) is 4.87. The van der Waals surface area contributed by atoms with Crippen LogP contribution in [-0.4, -0.2) is 16.6 Å². The second-order valence-electron chi connectivity index (χ2n) is 4.87. The fraction of sp³-hybridized carbons (Fsp3) is 0.417. The van der Waals surface area contributed by atoms with E-state index in [1.54, 1.807) is 19.9 Å². The minimum Gasteiger partial charge on any atom is -0.387 e. The summed E-state index contributed by atoms with van der Waals surface area (Å²) in [4.78, 5) is 11.2. The van der Waals surface area contributed by atoms with Gasteiger partial charge in [0.05, 0.1) is 12.5 Å². The van der Waals surface area contributed by atoms with Gasteiger partial charge < -0.3 is 16.2 Å². The summed E-state index contributed by atoms with van der Waals surface area (Å²) in [5.74, 6) is -0.00588. The lowest BCUT2D eigenvalue weighted by atomic mass is 9.91. The normalized spacial score (nSPS) is 16.9. The summed E-state index contributed by atoms with van der Waals surface area (Å²) in [5.41, 5.74) is 7.66. The van der Waals surface area contributed by atoms with Gasteiger partial charge in [-0.25, -0.2) is 0 Å². The summed E-state index contributed by atoms with van der Waals surface area (Å²) in [7, 11) is 0. The SMILES string of the molecule is CC(C)(N)C(O)c1ccc2c(c1)CC(=O)N2. The molecule has 4 nitrogen and oxygen atoms in total. The van der Waals surface area contributed by atoms with Crippen LogP contribution in [0.4, 0.5) is 5.69 Å². The average Bonchev–Trinajstić information content (AvgIpc) is 2.54. The van der Waals surface area contributed by atoms with Crippen LogP contribution in [0.15, 0.2) is 18.2 Å². The van der Waals surface area contributed by atoms with E-state index >= 15 is 0 Å².